The van der Waals surface area contributed by atoms with Gasteiger partial charge in [-0.25, -0.2) is 14.5 Å². The molecule has 9 heteroatoms. The number of aromatic nitrogens is 4. The molecule has 0 bridgehead atoms. The number of likely N-dealkylation sites (tertiary alicyclic amines) is 1. The molecule has 1 aliphatic heterocycles. The van der Waals surface area contributed by atoms with Gasteiger partial charge in [-0.1, -0.05) is 0 Å². The van der Waals surface area contributed by atoms with Crippen molar-refractivity contribution in [3.8, 4) is 11.3 Å². The van der Waals surface area contributed by atoms with Gasteiger partial charge in [0.2, 0.25) is 0 Å². The molecule has 144 valence electrons. The normalized spacial score (nSPS) is 14.8. The van der Waals surface area contributed by atoms with Gasteiger partial charge in [-0.05, 0) is 37.0 Å². The van der Waals surface area contributed by atoms with Crippen molar-refractivity contribution in [2.24, 2.45) is 5.92 Å². The highest BCUT2D eigenvalue weighted by Gasteiger charge is 2.24. The lowest BCUT2D eigenvalue weighted by atomic mass is 9.97. The van der Waals surface area contributed by atoms with Crippen LogP contribution >= 0.6 is 11.3 Å². The van der Waals surface area contributed by atoms with Crippen molar-refractivity contribution in [2.45, 2.75) is 19.4 Å². The summed E-state index contributed by atoms with van der Waals surface area (Å²) in [7, 11) is 0. The van der Waals surface area contributed by atoms with Crippen molar-refractivity contribution >= 4 is 22.5 Å². The second-order valence-electron chi connectivity index (χ2n) is 6.67. The third kappa shape index (κ3) is 4.25. The zero-order chi connectivity index (χ0) is 19.3. The van der Waals surface area contributed by atoms with Crippen molar-refractivity contribution in [3.63, 3.8) is 0 Å². The lowest BCUT2D eigenvalue weighted by Gasteiger charge is -2.31. The van der Waals surface area contributed by atoms with Crippen LogP contribution in [0.2, 0.25) is 0 Å². The van der Waals surface area contributed by atoms with Crippen LogP contribution in [0.4, 0.5) is 9.93 Å². The highest BCUT2D eigenvalue weighted by atomic mass is 32.1. The van der Waals surface area contributed by atoms with Gasteiger partial charge in [0, 0.05) is 55.2 Å². The fourth-order valence-electron chi connectivity index (χ4n) is 3.28. The predicted octanol–water partition coefficient (Wildman–Crippen LogP) is 2.71. The molecule has 0 aliphatic carbocycles. The number of carbonyl (C=O) groups excluding carboxylic acids is 1. The number of thiazole rings is 1. The fraction of sp³-hybridized carbons (Fsp3) is 0.316. The molecule has 0 radical (unpaired) electrons. The van der Waals surface area contributed by atoms with E-state index in [4.69, 9.17) is 0 Å². The predicted molar refractivity (Wildman–Crippen MR) is 107 cm³/mol. The maximum Gasteiger partial charge on any atom is 0.323 e. The third-order valence-electron chi connectivity index (χ3n) is 4.82. The van der Waals surface area contributed by atoms with Gasteiger partial charge in [0.15, 0.2) is 5.13 Å². The minimum Gasteiger partial charge on any atom is -0.324 e. The molecule has 0 unspecified atom stereocenters. The number of hydrogen-bond donors (Lipinski definition) is 1. The quantitative estimate of drug-likeness (QED) is 0.732. The van der Waals surface area contributed by atoms with Crippen molar-refractivity contribution in [2.75, 3.05) is 18.4 Å². The number of nitrogens with zero attached hydrogens (tertiary/aromatic N) is 5. The molecule has 1 aliphatic rings. The van der Waals surface area contributed by atoms with Crippen molar-refractivity contribution < 1.29 is 4.79 Å². The SMILES string of the molecule is O=C(Nc1nccs1)N1CCC(Cn2nc(-c3ccncc3)ccc2=O)CC1. The Balaban J connectivity index is 1.37. The molecule has 4 rings (SSSR count). The summed E-state index contributed by atoms with van der Waals surface area (Å²) in [6.07, 6.45) is 6.74. The molecule has 1 saturated heterocycles. The number of carbonyl (C=O) groups is 1. The molecule has 1 N–H and O–H groups in total. The van der Waals surface area contributed by atoms with Crippen LogP contribution in [-0.4, -0.2) is 43.8 Å². The van der Waals surface area contributed by atoms with E-state index in [1.807, 2.05) is 17.5 Å². The van der Waals surface area contributed by atoms with E-state index >= 15 is 0 Å². The number of piperidine rings is 1. The Bertz CT molecular complexity index is 981. The van der Waals surface area contributed by atoms with Gasteiger partial charge >= 0.3 is 6.03 Å². The topological polar surface area (TPSA) is 93.0 Å². The van der Waals surface area contributed by atoms with Gasteiger partial charge < -0.3 is 4.90 Å². The third-order valence-corrected chi connectivity index (χ3v) is 5.51. The zero-order valence-corrected chi connectivity index (χ0v) is 16.0. The molecule has 3 aromatic rings. The standard InChI is InChI=1S/C19H20N6O2S/c26-17-2-1-16(15-3-7-20-8-4-15)23-25(17)13-14-5-10-24(11-6-14)19(27)22-18-21-9-12-28-18/h1-4,7-9,12,14H,5-6,10-11,13H2,(H,21,22,27). The van der Waals surface area contributed by atoms with Crippen LogP contribution in [0.1, 0.15) is 12.8 Å². The van der Waals surface area contributed by atoms with E-state index in [1.54, 1.807) is 35.6 Å². The Kier molecular flexibility index (Phi) is 5.43. The van der Waals surface area contributed by atoms with Gasteiger partial charge in [0.05, 0.1) is 5.69 Å². The molecule has 0 saturated carbocycles. The van der Waals surface area contributed by atoms with E-state index < -0.39 is 0 Å². The molecule has 28 heavy (non-hydrogen) atoms. The molecular formula is C19H20N6O2S. The van der Waals surface area contributed by atoms with Crippen LogP contribution in [0.15, 0.2) is 53.0 Å². The number of amides is 2. The van der Waals surface area contributed by atoms with E-state index in [0.29, 0.717) is 30.7 Å². The molecule has 1 fully saturated rings. The number of urea groups is 1. The van der Waals surface area contributed by atoms with Gasteiger partial charge in [0.1, 0.15) is 0 Å². The number of nitrogens with one attached hydrogen (secondary N) is 1. The van der Waals surface area contributed by atoms with Crippen molar-refractivity contribution in [3.05, 3.63) is 58.6 Å². The maximum absolute atomic E-state index is 12.3. The lowest BCUT2D eigenvalue weighted by molar-refractivity contribution is 0.174. The summed E-state index contributed by atoms with van der Waals surface area (Å²) in [5.41, 5.74) is 1.57. The van der Waals surface area contributed by atoms with Crippen molar-refractivity contribution in [1.29, 1.82) is 0 Å². The summed E-state index contributed by atoms with van der Waals surface area (Å²) in [6, 6.07) is 6.91. The minimum absolute atomic E-state index is 0.109. The number of hydrogen-bond acceptors (Lipinski definition) is 6. The van der Waals surface area contributed by atoms with Crippen LogP contribution < -0.4 is 10.9 Å². The zero-order valence-electron chi connectivity index (χ0n) is 15.2. The molecule has 3 aromatic heterocycles. The molecule has 0 atom stereocenters. The van der Waals surface area contributed by atoms with Gasteiger partial charge in [0.25, 0.3) is 5.56 Å². The van der Waals surface area contributed by atoms with Gasteiger partial charge in [-0.2, -0.15) is 5.10 Å². The molecular weight excluding hydrogens is 376 g/mol. The number of anilines is 1. The van der Waals surface area contributed by atoms with Crippen LogP contribution in [0.25, 0.3) is 11.3 Å². The Hall–Kier alpha value is -3.07. The van der Waals surface area contributed by atoms with Gasteiger partial charge in [-0.15, -0.1) is 11.3 Å². The summed E-state index contributed by atoms with van der Waals surface area (Å²) in [5, 5.41) is 9.76. The molecule has 0 spiro atoms. The summed E-state index contributed by atoms with van der Waals surface area (Å²) in [6.45, 7) is 1.86. The highest BCUT2D eigenvalue weighted by Crippen LogP contribution is 2.20. The smallest absolute Gasteiger partial charge is 0.323 e. The molecule has 4 heterocycles. The van der Waals surface area contributed by atoms with E-state index in [9.17, 15) is 9.59 Å². The second kappa shape index (κ2) is 8.30. The summed E-state index contributed by atoms with van der Waals surface area (Å²) >= 11 is 1.40. The first-order valence-corrected chi connectivity index (χ1v) is 10.0. The van der Waals surface area contributed by atoms with E-state index in [-0.39, 0.29) is 11.6 Å². The first kappa shape index (κ1) is 18.3. The highest BCUT2D eigenvalue weighted by molar-refractivity contribution is 7.13. The maximum atomic E-state index is 12.3. The number of pyridine rings is 1. The number of rotatable bonds is 4. The summed E-state index contributed by atoms with van der Waals surface area (Å²) in [5.74, 6) is 0.307. The Morgan fingerprint density at radius 3 is 2.64 bits per heavy atom. The monoisotopic (exact) mass is 396 g/mol. The lowest BCUT2D eigenvalue weighted by Crippen LogP contribution is -2.42. The first-order valence-electron chi connectivity index (χ1n) is 9.13. The van der Waals surface area contributed by atoms with Crippen LogP contribution in [0.5, 0.6) is 0 Å². The van der Waals surface area contributed by atoms with Crippen LogP contribution in [-0.2, 0) is 6.54 Å². The van der Waals surface area contributed by atoms with E-state index in [1.165, 1.54) is 16.0 Å². The van der Waals surface area contributed by atoms with E-state index in [0.717, 1.165) is 24.1 Å². The largest absolute Gasteiger partial charge is 0.324 e. The Morgan fingerprint density at radius 1 is 1.14 bits per heavy atom. The second-order valence-corrected chi connectivity index (χ2v) is 7.57. The van der Waals surface area contributed by atoms with Gasteiger partial charge in [-0.3, -0.25) is 15.1 Å². The van der Waals surface area contributed by atoms with Crippen LogP contribution in [0, 0.1) is 5.92 Å². The summed E-state index contributed by atoms with van der Waals surface area (Å²) in [4.78, 5) is 34.4. The average Bonchev–Trinajstić information content (AvgIpc) is 3.24. The molecule has 2 amide bonds. The molecule has 0 aromatic carbocycles. The van der Waals surface area contributed by atoms with Crippen LogP contribution in [0.3, 0.4) is 0 Å². The summed E-state index contributed by atoms with van der Waals surface area (Å²) < 4.78 is 1.53. The molecule has 8 nitrogen and oxygen atoms in total. The van der Waals surface area contributed by atoms with Crippen molar-refractivity contribution in [1.82, 2.24) is 24.6 Å². The Labute approximate surface area is 165 Å². The Morgan fingerprint density at radius 2 is 1.93 bits per heavy atom. The average molecular weight is 396 g/mol. The first-order chi connectivity index (χ1) is 13.7. The van der Waals surface area contributed by atoms with E-state index in [2.05, 4.69) is 20.4 Å². The fourth-order valence-corrected chi connectivity index (χ4v) is 3.79. The minimum atomic E-state index is -0.122.